The van der Waals surface area contributed by atoms with Gasteiger partial charge in [0.1, 0.15) is 0 Å². The topological polar surface area (TPSA) is 96.5 Å². The summed E-state index contributed by atoms with van der Waals surface area (Å²) in [5, 5.41) is 16.2. The molecule has 0 saturated carbocycles. The third-order valence-corrected chi connectivity index (χ3v) is 5.45. The molecular weight excluding hydrogens is 410 g/mol. The van der Waals surface area contributed by atoms with Gasteiger partial charge in [-0.15, -0.1) is 0 Å². The highest BCUT2D eigenvalue weighted by molar-refractivity contribution is 5.90. The number of rotatable bonds is 6. The van der Waals surface area contributed by atoms with Crippen molar-refractivity contribution in [3.05, 3.63) is 42.4 Å². The number of aromatic hydroxyl groups is 1. The number of pyridine rings is 2. The molecule has 0 aromatic carbocycles. The number of ether oxygens (including phenoxy) is 3. The Kier molecular flexibility index (Phi) is 4.97. The molecule has 32 heavy (non-hydrogen) atoms. The number of aromatic nitrogens is 5. The number of hydrogen-bond donors (Lipinski definition) is 1. The van der Waals surface area contributed by atoms with E-state index in [-0.39, 0.29) is 18.0 Å². The third kappa shape index (κ3) is 3.44. The van der Waals surface area contributed by atoms with Crippen molar-refractivity contribution in [3.63, 3.8) is 0 Å². The summed E-state index contributed by atoms with van der Waals surface area (Å²) < 4.78 is 19.9. The fourth-order valence-electron chi connectivity index (χ4n) is 3.81. The largest absolute Gasteiger partial charge is 0.494 e. The van der Waals surface area contributed by atoms with Crippen LogP contribution in [-0.2, 0) is 4.74 Å². The van der Waals surface area contributed by atoms with Crippen molar-refractivity contribution in [2.45, 2.75) is 32.9 Å². The predicted molar refractivity (Wildman–Crippen MR) is 119 cm³/mol. The van der Waals surface area contributed by atoms with Crippen LogP contribution < -0.4 is 9.47 Å². The third-order valence-electron chi connectivity index (χ3n) is 5.45. The van der Waals surface area contributed by atoms with E-state index >= 15 is 0 Å². The van der Waals surface area contributed by atoms with Gasteiger partial charge < -0.3 is 19.3 Å². The Balaban J connectivity index is 1.56. The van der Waals surface area contributed by atoms with E-state index in [4.69, 9.17) is 19.2 Å². The first kappa shape index (κ1) is 20.3. The highest BCUT2D eigenvalue weighted by Crippen LogP contribution is 2.36. The minimum Gasteiger partial charge on any atom is -0.494 e. The molecule has 5 rings (SSSR count). The molecule has 1 saturated heterocycles. The van der Waals surface area contributed by atoms with Crippen LogP contribution in [0.3, 0.4) is 0 Å². The molecule has 4 aromatic heterocycles. The molecule has 0 spiro atoms. The average molecular weight is 435 g/mol. The molecule has 1 aliphatic rings. The SMILES string of the molecule is COc1ncc(-c2cc(C)c3c(O)n(-c4ccn(C5COC5)n4)cc3n2)cc1OC(C)C. The lowest BCUT2D eigenvalue weighted by atomic mass is 10.1. The van der Waals surface area contributed by atoms with Gasteiger partial charge in [0.25, 0.3) is 5.88 Å². The maximum Gasteiger partial charge on any atom is 0.256 e. The molecule has 0 amide bonds. The summed E-state index contributed by atoms with van der Waals surface area (Å²) in [5.74, 6) is 1.73. The van der Waals surface area contributed by atoms with Crippen LogP contribution in [0.1, 0.15) is 25.5 Å². The summed E-state index contributed by atoms with van der Waals surface area (Å²) in [5.41, 5.74) is 3.09. The number of nitrogens with zero attached hydrogens (tertiary/aromatic N) is 5. The maximum absolute atomic E-state index is 10.9. The Labute approximate surface area is 185 Å². The molecule has 0 unspecified atom stereocenters. The molecule has 9 nitrogen and oxygen atoms in total. The second-order valence-corrected chi connectivity index (χ2v) is 8.15. The van der Waals surface area contributed by atoms with E-state index in [9.17, 15) is 5.11 Å². The van der Waals surface area contributed by atoms with Gasteiger partial charge in [-0.2, -0.15) is 5.10 Å². The number of aryl methyl sites for hydroxylation is 1. The molecule has 5 heterocycles. The maximum atomic E-state index is 10.9. The van der Waals surface area contributed by atoms with Gasteiger partial charge in [-0.1, -0.05) is 0 Å². The van der Waals surface area contributed by atoms with E-state index in [0.717, 1.165) is 16.8 Å². The summed E-state index contributed by atoms with van der Waals surface area (Å²) in [6.45, 7) is 7.16. The smallest absolute Gasteiger partial charge is 0.256 e. The molecule has 0 aliphatic carbocycles. The van der Waals surface area contributed by atoms with Crippen LogP contribution in [0.15, 0.2) is 36.8 Å². The molecule has 1 N–H and O–H groups in total. The molecule has 166 valence electrons. The molecule has 4 aromatic rings. The van der Waals surface area contributed by atoms with Gasteiger partial charge in [-0.25, -0.2) is 9.97 Å². The second-order valence-electron chi connectivity index (χ2n) is 8.15. The second kappa shape index (κ2) is 7.83. The predicted octanol–water partition coefficient (Wildman–Crippen LogP) is 3.67. The average Bonchev–Trinajstić information content (AvgIpc) is 3.31. The van der Waals surface area contributed by atoms with Crippen LogP contribution in [0, 0.1) is 6.92 Å². The van der Waals surface area contributed by atoms with Gasteiger partial charge in [0, 0.05) is 30.2 Å². The van der Waals surface area contributed by atoms with Crippen molar-refractivity contribution in [3.8, 4) is 34.6 Å². The fraction of sp³-hybridized carbons (Fsp3) is 0.348. The zero-order valence-corrected chi connectivity index (χ0v) is 18.4. The van der Waals surface area contributed by atoms with Crippen molar-refractivity contribution < 1.29 is 19.3 Å². The zero-order chi connectivity index (χ0) is 22.4. The van der Waals surface area contributed by atoms with Crippen LogP contribution in [0.4, 0.5) is 0 Å². The Bertz CT molecular complexity index is 1290. The highest BCUT2D eigenvalue weighted by Gasteiger charge is 2.23. The van der Waals surface area contributed by atoms with Gasteiger partial charge in [-0.05, 0) is 38.5 Å². The normalized spacial score (nSPS) is 14.2. The van der Waals surface area contributed by atoms with Crippen molar-refractivity contribution in [2.24, 2.45) is 0 Å². The summed E-state index contributed by atoms with van der Waals surface area (Å²) in [6, 6.07) is 5.92. The van der Waals surface area contributed by atoms with E-state index in [1.54, 1.807) is 24.1 Å². The zero-order valence-electron chi connectivity index (χ0n) is 18.4. The van der Waals surface area contributed by atoms with Crippen LogP contribution in [0.2, 0.25) is 0 Å². The fourth-order valence-corrected chi connectivity index (χ4v) is 3.81. The van der Waals surface area contributed by atoms with Gasteiger partial charge in [0.05, 0.1) is 49.1 Å². The standard InChI is InChI=1S/C23H25N5O4/c1-13(2)32-19-8-15(9-24-22(19)30-4)17-7-14(3)21-18(25-17)10-27(23(21)29)20-5-6-28(26-20)16-11-31-12-16/h5-10,13,16,29H,11-12H2,1-4H3. The minimum atomic E-state index is -0.0181. The van der Waals surface area contributed by atoms with Crippen molar-refractivity contribution in [2.75, 3.05) is 20.3 Å². The molecular formula is C23H25N5O4. The first-order valence-corrected chi connectivity index (χ1v) is 10.5. The number of methoxy groups -OCH3 is 1. The Morgan fingerprint density at radius 3 is 2.75 bits per heavy atom. The summed E-state index contributed by atoms with van der Waals surface area (Å²) >= 11 is 0. The molecule has 9 heteroatoms. The van der Waals surface area contributed by atoms with Crippen molar-refractivity contribution in [1.29, 1.82) is 0 Å². The van der Waals surface area contributed by atoms with E-state index in [1.165, 1.54) is 0 Å². The first-order chi connectivity index (χ1) is 15.4. The summed E-state index contributed by atoms with van der Waals surface area (Å²) in [6.07, 6.45) is 5.39. The lowest BCUT2D eigenvalue weighted by Gasteiger charge is -2.25. The van der Waals surface area contributed by atoms with Crippen LogP contribution in [0.5, 0.6) is 17.5 Å². The lowest BCUT2D eigenvalue weighted by Crippen LogP contribution is -2.31. The molecule has 0 bridgehead atoms. The van der Waals surface area contributed by atoms with Crippen molar-refractivity contribution in [1.82, 2.24) is 24.3 Å². The molecule has 1 aliphatic heterocycles. The Hall–Kier alpha value is -3.59. The minimum absolute atomic E-state index is 0.0181. The van der Waals surface area contributed by atoms with Crippen LogP contribution in [-0.4, -0.2) is 55.8 Å². The molecule has 1 fully saturated rings. The molecule has 0 atom stereocenters. The van der Waals surface area contributed by atoms with E-state index in [1.807, 2.05) is 49.8 Å². The van der Waals surface area contributed by atoms with Crippen LogP contribution >= 0.6 is 0 Å². The first-order valence-electron chi connectivity index (χ1n) is 10.5. The monoisotopic (exact) mass is 435 g/mol. The van der Waals surface area contributed by atoms with Crippen LogP contribution in [0.25, 0.3) is 28.0 Å². The Morgan fingerprint density at radius 1 is 1.25 bits per heavy atom. The summed E-state index contributed by atoms with van der Waals surface area (Å²) in [7, 11) is 1.56. The molecule has 0 radical (unpaired) electrons. The van der Waals surface area contributed by atoms with E-state index in [2.05, 4.69) is 10.1 Å². The lowest BCUT2D eigenvalue weighted by molar-refractivity contribution is -0.0286. The van der Waals surface area contributed by atoms with E-state index < -0.39 is 0 Å². The Morgan fingerprint density at radius 2 is 2.06 bits per heavy atom. The highest BCUT2D eigenvalue weighted by atomic mass is 16.5. The summed E-state index contributed by atoms with van der Waals surface area (Å²) in [4.78, 5) is 9.16. The van der Waals surface area contributed by atoms with Crippen molar-refractivity contribution >= 4 is 10.9 Å². The van der Waals surface area contributed by atoms with Gasteiger partial charge in [-0.3, -0.25) is 9.25 Å². The van der Waals surface area contributed by atoms with E-state index in [0.29, 0.717) is 41.6 Å². The quantitative estimate of drug-likeness (QED) is 0.494. The van der Waals surface area contributed by atoms with Gasteiger partial charge in [0.2, 0.25) is 5.88 Å². The van der Waals surface area contributed by atoms with Gasteiger partial charge in [0.15, 0.2) is 11.6 Å². The number of hydrogen-bond acceptors (Lipinski definition) is 7. The number of fused-ring (bicyclic) bond motifs is 1. The van der Waals surface area contributed by atoms with Gasteiger partial charge >= 0.3 is 0 Å².